The molecule has 1 N–H and O–H groups in total. The molecule has 1 heterocycles. The molecule has 0 radical (unpaired) electrons. The van der Waals surface area contributed by atoms with E-state index in [0.717, 1.165) is 4.70 Å². The van der Waals surface area contributed by atoms with Crippen molar-refractivity contribution in [3.05, 3.63) is 28.9 Å². The van der Waals surface area contributed by atoms with Gasteiger partial charge in [-0.3, -0.25) is 0 Å². The minimum absolute atomic E-state index is 0.270. The molecule has 19 heavy (non-hydrogen) atoms. The van der Waals surface area contributed by atoms with E-state index in [-0.39, 0.29) is 12.4 Å². The summed E-state index contributed by atoms with van der Waals surface area (Å²) in [6.45, 7) is 1.94. The number of aliphatic hydroxyl groups excluding tert-OH is 1. The summed E-state index contributed by atoms with van der Waals surface area (Å²) in [6.07, 6.45) is 2.73. The van der Waals surface area contributed by atoms with Gasteiger partial charge in [-0.25, -0.2) is 4.39 Å². The Hall–Kier alpha value is -0.533. The van der Waals surface area contributed by atoms with Crippen molar-refractivity contribution < 1.29 is 14.2 Å². The van der Waals surface area contributed by atoms with Gasteiger partial charge in [0.1, 0.15) is 11.6 Å². The zero-order chi connectivity index (χ0) is 14.3. The summed E-state index contributed by atoms with van der Waals surface area (Å²) in [5, 5.41) is 10.8. The Labute approximate surface area is 126 Å². The van der Waals surface area contributed by atoms with Gasteiger partial charge in [-0.15, -0.1) is 11.3 Å². The van der Waals surface area contributed by atoms with E-state index < -0.39 is 0 Å². The maximum absolute atomic E-state index is 13.5. The maximum atomic E-state index is 13.5. The van der Waals surface area contributed by atoms with Crippen LogP contribution in [-0.2, 0) is 6.61 Å². The van der Waals surface area contributed by atoms with Crippen LogP contribution in [0, 0.1) is 5.82 Å². The molecule has 0 saturated carbocycles. The number of unbranched alkanes of at least 4 members (excludes halogenated alkanes) is 1. The number of hydrogen-bond donors (Lipinski definition) is 1. The van der Waals surface area contributed by atoms with Gasteiger partial charge in [0.2, 0.25) is 0 Å². The molecule has 2 nitrogen and oxygen atoms in total. The van der Waals surface area contributed by atoms with E-state index in [1.54, 1.807) is 25.3 Å². The van der Waals surface area contributed by atoms with Gasteiger partial charge >= 0.3 is 42.6 Å². The van der Waals surface area contributed by atoms with Gasteiger partial charge in [0.25, 0.3) is 0 Å². The number of rotatable bonds is 4. The molecule has 0 aliphatic rings. The van der Waals surface area contributed by atoms with Crippen molar-refractivity contribution >= 4 is 39.1 Å². The SMILES string of the molecule is COc1cccc2c(F)c(CO)sc12.[Li][CH2]CCC. The molecule has 0 aliphatic carbocycles. The van der Waals surface area contributed by atoms with Crippen molar-refractivity contribution in [2.75, 3.05) is 7.11 Å². The van der Waals surface area contributed by atoms with Crippen molar-refractivity contribution in [1.82, 2.24) is 0 Å². The third-order valence-electron chi connectivity index (χ3n) is 2.76. The predicted octanol–water partition coefficient (Wildman–Crippen LogP) is 3.91. The fourth-order valence-corrected chi connectivity index (χ4v) is 2.76. The van der Waals surface area contributed by atoms with Crippen LogP contribution < -0.4 is 4.74 Å². The Balaban J connectivity index is 0.000000312. The van der Waals surface area contributed by atoms with Gasteiger partial charge in [0, 0.05) is 5.39 Å². The topological polar surface area (TPSA) is 29.5 Å². The van der Waals surface area contributed by atoms with Crippen LogP contribution in [0.3, 0.4) is 0 Å². The van der Waals surface area contributed by atoms with Gasteiger partial charge in [-0.1, -0.05) is 12.1 Å². The summed E-state index contributed by atoms with van der Waals surface area (Å²) in [5.74, 6) is 0.303. The summed E-state index contributed by atoms with van der Waals surface area (Å²) < 4.78 is 19.4. The molecule has 0 saturated heterocycles. The summed E-state index contributed by atoms with van der Waals surface area (Å²) in [5.41, 5.74) is 0. The van der Waals surface area contributed by atoms with E-state index in [2.05, 4.69) is 24.6 Å². The summed E-state index contributed by atoms with van der Waals surface area (Å²) in [6, 6.07) is 5.19. The van der Waals surface area contributed by atoms with Gasteiger partial charge in [-0.05, 0) is 6.07 Å². The van der Waals surface area contributed by atoms with Crippen LogP contribution in [-0.4, -0.2) is 29.9 Å². The van der Waals surface area contributed by atoms with Crippen LogP contribution in [0.1, 0.15) is 24.6 Å². The van der Waals surface area contributed by atoms with Crippen LogP contribution >= 0.6 is 11.3 Å². The number of methoxy groups -OCH3 is 1. The minimum atomic E-state index is -0.341. The second kappa shape index (κ2) is 8.60. The quantitative estimate of drug-likeness (QED) is 0.858. The Morgan fingerprint density at radius 3 is 2.63 bits per heavy atom. The zero-order valence-corrected chi connectivity index (χ0v) is 12.5. The fourth-order valence-electron chi connectivity index (χ4n) is 1.73. The standard InChI is InChI=1S/C10H9FO2S.C4H9.Li/c1-13-7-4-2-3-6-9(11)8(5-12)14-10(6)7;1-3-4-2;/h2-4,12H,5H2,1H3;1,3-4H2,2H3;. The average Bonchev–Trinajstić information content (AvgIpc) is 2.77. The van der Waals surface area contributed by atoms with Crippen LogP contribution in [0.4, 0.5) is 4.39 Å². The van der Waals surface area contributed by atoms with Gasteiger partial charge < -0.3 is 9.84 Å². The van der Waals surface area contributed by atoms with Crippen LogP contribution in [0.25, 0.3) is 10.1 Å². The van der Waals surface area contributed by atoms with Crippen molar-refractivity contribution in [3.8, 4) is 5.75 Å². The van der Waals surface area contributed by atoms with Crippen molar-refractivity contribution in [2.45, 2.75) is 31.5 Å². The zero-order valence-electron chi connectivity index (χ0n) is 11.7. The number of thiophene rings is 1. The Bertz CT molecular complexity index is 511. The van der Waals surface area contributed by atoms with E-state index in [0.29, 0.717) is 16.0 Å². The Morgan fingerprint density at radius 2 is 2.16 bits per heavy atom. The second-order valence-corrected chi connectivity index (χ2v) is 5.29. The van der Waals surface area contributed by atoms with Crippen molar-refractivity contribution in [3.63, 3.8) is 0 Å². The van der Waals surface area contributed by atoms with Crippen LogP contribution in [0.5, 0.6) is 5.75 Å². The van der Waals surface area contributed by atoms with E-state index in [9.17, 15) is 4.39 Å². The van der Waals surface area contributed by atoms with Gasteiger partial charge in [-0.2, -0.15) is 0 Å². The summed E-state index contributed by atoms with van der Waals surface area (Å²) >= 11 is 3.44. The predicted molar refractivity (Wildman–Crippen MR) is 79.7 cm³/mol. The first kappa shape index (κ1) is 16.5. The number of hydrogen-bond acceptors (Lipinski definition) is 3. The molecule has 0 spiro atoms. The third kappa shape index (κ3) is 4.22. The van der Waals surface area contributed by atoms with E-state index in [1.165, 1.54) is 29.3 Å². The number of aliphatic hydroxyl groups is 1. The summed E-state index contributed by atoms with van der Waals surface area (Å²) in [7, 11) is 1.55. The first-order valence-corrected chi connectivity index (χ1v) is 7.35. The van der Waals surface area contributed by atoms with Gasteiger partial charge in [0.15, 0.2) is 0 Å². The second-order valence-electron chi connectivity index (χ2n) is 4.19. The molecular formula is C14H18FLiO2S. The molecule has 5 heteroatoms. The molecule has 0 aliphatic heterocycles. The van der Waals surface area contributed by atoms with Crippen LogP contribution in [0.15, 0.2) is 18.2 Å². The molecule has 0 unspecified atom stereocenters. The molecule has 100 valence electrons. The first-order valence-electron chi connectivity index (χ1n) is 6.54. The summed E-state index contributed by atoms with van der Waals surface area (Å²) in [4.78, 5) is 0.351. The molecule has 0 amide bonds. The van der Waals surface area contributed by atoms with E-state index >= 15 is 0 Å². The molecule has 1 aromatic carbocycles. The molecular weight excluding hydrogens is 258 g/mol. The van der Waals surface area contributed by atoms with Crippen molar-refractivity contribution in [1.29, 1.82) is 0 Å². The number of halogens is 1. The Morgan fingerprint density at radius 1 is 1.42 bits per heavy atom. The van der Waals surface area contributed by atoms with E-state index in [4.69, 9.17) is 9.84 Å². The third-order valence-corrected chi connectivity index (χ3v) is 3.94. The average molecular weight is 276 g/mol. The molecule has 2 rings (SSSR count). The number of benzene rings is 1. The molecule has 0 fully saturated rings. The van der Waals surface area contributed by atoms with E-state index in [1.807, 2.05) is 0 Å². The van der Waals surface area contributed by atoms with Crippen LogP contribution in [0.2, 0.25) is 5.09 Å². The molecule has 0 atom stereocenters. The fraction of sp³-hybridized carbons (Fsp3) is 0.429. The first-order chi connectivity index (χ1) is 9.19. The normalized spacial score (nSPS) is 10.2. The molecule has 2 aromatic rings. The number of ether oxygens (including phenoxy) is 1. The molecule has 0 bridgehead atoms. The van der Waals surface area contributed by atoms with Crippen molar-refractivity contribution in [2.24, 2.45) is 0 Å². The Kier molecular flexibility index (Phi) is 7.48. The number of fused-ring (bicyclic) bond motifs is 1. The van der Waals surface area contributed by atoms with Gasteiger partial charge in [0.05, 0.1) is 23.3 Å². The monoisotopic (exact) mass is 276 g/mol. The molecule has 1 aromatic heterocycles.